The molecule has 0 saturated carbocycles. The van der Waals surface area contributed by atoms with Crippen LogP contribution in [0.2, 0.25) is 0 Å². The van der Waals surface area contributed by atoms with Gasteiger partial charge >= 0.3 is 0 Å². The lowest BCUT2D eigenvalue weighted by atomic mass is 10.1. The van der Waals surface area contributed by atoms with Crippen molar-refractivity contribution in [1.82, 2.24) is 14.9 Å². The molecule has 5 rings (SSSR count). The molecule has 1 aromatic heterocycles. The highest BCUT2D eigenvalue weighted by molar-refractivity contribution is 5.93. The van der Waals surface area contributed by atoms with Crippen LogP contribution in [0.1, 0.15) is 17.5 Å². The SMILES string of the molecule is COc1cc(/C=C/c2ccc(Nc3ncnc4cc(OC)c(OCCCN5CCOCC5)cc34)cc2)cc(OC)c1. The van der Waals surface area contributed by atoms with Gasteiger partial charge in [0, 0.05) is 42.8 Å². The largest absolute Gasteiger partial charge is 0.497 e. The van der Waals surface area contributed by atoms with Crippen molar-refractivity contribution in [2.45, 2.75) is 6.42 Å². The van der Waals surface area contributed by atoms with Crippen molar-refractivity contribution < 1.29 is 23.7 Å². The maximum Gasteiger partial charge on any atom is 0.162 e. The van der Waals surface area contributed by atoms with Crippen LogP contribution in [-0.4, -0.2) is 75.7 Å². The monoisotopic (exact) mass is 556 g/mol. The Kier molecular flexibility index (Phi) is 9.51. The number of ether oxygens (including phenoxy) is 5. The normalized spacial score (nSPS) is 13.8. The van der Waals surface area contributed by atoms with Crippen molar-refractivity contribution >= 4 is 34.6 Å². The average Bonchev–Trinajstić information content (AvgIpc) is 3.03. The average molecular weight is 557 g/mol. The van der Waals surface area contributed by atoms with Crippen LogP contribution in [0.15, 0.2) is 60.9 Å². The summed E-state index contributed by atoms with van der Waals surface area (Å²) >= 11 is 0. The van der Waals surface area contributed by atoms with Gasteiger partial charge in [0.1, 0.15) is 23.6 Å². The first-order chi connectivity index (χ1) is 20.1. The minimum absolute atomic E-state index is 0.590. The minimum Gasteiger partial charge on any atom is -0.497 e. The summed E-state index contributed by atoms with van der Waals surface area (Å²) in [7, 11) is 4.93. The maximum absolute atomic E-state index is 6.15. The van der Waals surface area contributed by atoms with E-state index in [0.717, 1.165) is 78.5 Å². The van der Waals surface area contributed by atoms with Crippen LogP contribution >= 0.6 is 0 Å². The maximum atomic E-state index is 6.15. The molecule has 9 heteroatoms. The second-order valence-electron chi connectivity index (χ2n) is 9.62. The Labute approximate surface area is 240 Å². The zero-order chi connectivity index (χ0) is 28.4. The fourth-order valence-electron chi connectivity index (χ4n) is 4.66. The Morgan fingerprint density at radius 3 is 2.27 bits per heavy atom. The lowest BCUT2D eigenvalue weighted by molar-refractivity contribution is 0.0357. The number of benzene rings is 3. The summed E-state index contributed by atoms with van der Waals surface area (Å²) in [5.74, 6) is 3.52. The van der Waals surface area contributed by atoms with Gasteiger partial charge in [0.15, 0.2) is 11.5 Å². The first-order valence-electron chi connectivity index (χ1n) is 13.7. The molecule has 4 aromatic rings. The summed E-state index contributed by atoms with van der Waals surface area (Å²) in [5.41, 5.74) is 3.73. The Balaban J connectivity index is 1.27. The van der Waals surface area contributed by atoms with Gasteiger partial charge in [-0.1, -0.05) is 24.3 Å². The Morgan fingerprint density at radius 2 is 1.56 bits per heavy atom. The van der Waals surface area contributed by atoms with Gasteiger partial charge in [-0.25, -0.2) is 9.97 Å². The van der Waals surface area contributed by atoms with Gasteiger partial charge in [0.05, 0.1) is 46.7 Å². The van der Waals surface area contributed by atoms with Crippen molar-refractivity contribution in [2.24, 2.45) is 0 Å². The third-order valence-electron chi connectivity index (χ3n) is 6.92. The van der Waals surface area contributed by atoms with Gasteiger partial charge in [0.25, 0.3) is 0 Å². The van der Waals surface area contributed by atoms with Crippen LogP contribution in [0.5, 0.6) is 23.0 Å². The Hall–Kier alpha value is -4.34. The number of nitrogens with one attached hydrogen (secondary N) is 1. The molecule has 1 aliphatic heterocycles. The molecule has 1 N–H and O–H groups in total. The highest BCUT2D eigenvalue weighted by atomic mass is 16.5. The molecule has 0 radical (unpaired) electrons. The molecule has 9 nitrogen and oxygen atoms in total. The van der Waals surface area contributed by atoms with Crippen molar-refractivity contribution in [3.05, 3.63) is 72.1 Å². The predicted octanol–water partition coefficient (Wildman–Crippen LogP) is 5.67. The number of methoxy groups -OCH3 is 3. The van der Waals surface area contributed by atoms with Crippen LogP contribution in [0, 0.1) is 0 Å². The molecule has 3 aromatic carbocycles. The van der Waals surface area contributed by atoms with E-state index in [0.29, 0.717) is 23.9 Å². The summed E-state index contributed by atoms with van der Waals surface area (Å²) in [6.45, 7) is 5.11. The van der Waals surface area contributed by atoms with E-state index in [1.54, 1.807) is 27.7 Å². The summed E-state index contributed by atoms with van der Waals surface area (Å²) in [4.78, 5) is 11.4. The first kappa shape index (κ1) is 28.2. The second-order valence-corrected chi connectivity index (χ2v) is 9.62. The number of anilines is 2. The number of fused-ring (bicyclic) bond motifs is 1. The van der Waals surface area contributed by atoms with Gasteiger partial charge in [0.2, 0.25) is 0 Å². The van der Waals surface area contributed by atoms with Crippen molar-refractivity contribution in [3.8, 4) is 23.0 Å². The molecule has 0 aliphatic carbocycles. The smallest absolute Gasteiger partial charge is 0.162 e. The Morgan fingerprint density at radius 1 is 0.829 bits per heavy atom. The molecule has 1 saturated heterocycles. The van der Waals surface area contributed by atoms with E-state index in [9.17, 15) is 0 Å². The van der Waals surface area contributed by atoms with Gasteiger partial charge in [-0.05, 0) is 47.9 Å². The number of rotatable bonds is 12. The van der Waals surface area contributed by atoms with Gasteiger partial charge in [-0.3, -0.25) is 4.90 Å². The third kappa shape index (κ3) is 7.45. The molecule has 41 heavy (non-hydrogen) atoms. The lowest BCUT2D eigenvalue weighted by Crippen LogP contribution is -2.37. The summed E-state index contributed by atoms with van der Waals surface area (Å²) < 4.78 is 27.9. The minimum atomic E-state index is 0.590. The molecule has 1 aliphatic rings. The zero-order valence-electron chi connectivity index (χ0n) is 23.8. The number of nitrogens with zero attached hydrogens (tertiary/aromatic N) is 3. The van der Waals surface area contributed by atoms with Crippen molar-refractivity contribution in [3.63, 3.8) is 0 Å². The first-order valence-corrected chi connectivity index (χ1v) is 13.7. The number of hydrogen-bond donors (Lipinski definition) is 1. The second kappa shape index (κ2) is 13.8. The fraction of sp³-hybridized carbons (Fsp3) is 0.312. The lowest BCUT2D eigenvalue weighted by Gasteiger charge is -2.26. The van der Waals surface area contributed by atoms with Gasteiger partial charge in [-0.2, -0.15) is 0 Å². The van der Waals surface area contributed by atoms with Gasteiger partial charge < -0.3 is 29.0 Å². The fourth-order valence-corrected chi connectivity index (χ4v) is 4.66. The molecule has 0 spiro atoms. The van der Waals surface area contributed by atoms with E-state index in [1.165, 1.54) is 0 Å². The molecule has 1 fully saturated rings. The van der Waals surface area contributed by atoms with E-state index < -0.39 is 0 Å². The van der Waals surface area contributed by atoms with Crippen LogP contribution in [0.3, 0.4) is 0 Å². The van der Waals surface area contributed by atoms with Crippen LogP contribution in [0.4, 0.5) is 11.5 Å². The molecule has 2 heterocycles. The molecular formula is C32H36N4O5. The zero-order valence-corrected chi connectivity index (χ0v) is 23.8. The number of morpholine rings is 1. The van der Waals surface area contributed by atoms with Crippen LogP contribution in [-0.2, 0) is 4.74 Å². The summed E-state index contributed by atoms with van der Waals surface area (Å²) in [5, 5.41) is 4.28. The molecule has 0 unspecified atom stereocenters. The quantitative estimate of drug-likeness (QED) is 0.175. The summed E-state index contributed by atoms with van der Waals surface area (Å²) in [6, 6.07) is 17.8. The van der Waals surface area contributed by atoms with Crippen molar-refractivity contribution in [1.29, 1.82) is 0 Å². The van der Waals surface area contributed by atoms with Gasteiger partial charge in [-0.15, -0.1) is 0 Å². The van der Waals surface area contributed by atoms with E-state index >= 15 is 0 Å². The van der Waals surface area contributed by atoms with Crippen LogP contribution < -0.4 is 24.3 Å². The third-order valence-corrected chi connectivity index (χ3v) is 6.92. The highest BCUT2D eigenvalue weighted by Crippen LogP contribution is 2.35. The van der Waals surface area contributed by atoms with E-state index in [4.69, 9.17) is 23.7 Å². The van der Waals surface area contributed by atoms with E-state index in [1.807, 2.05) is 66.7 Å². The number of aromatic nitrogens is 2. The van der Waals surface area contributed by atoms with Crippen molar-refractivity contribution in [2.75, 3.05) is 66.1 Å². The van der Waals surface area contributed by atoms with Crippen LogP contribution in [0.25, 0.3) is 23.1 Å². The predicted molar refractivity (Wildman–Crippen MR) is 162 cm³/mol. The standard InChI is InChI=1S/C32H36N4O5/c1-37-26-17-24(18-27(19-26)38-2)6-5-23-7-9-25(10-8-23)35-32-28-20-31(30(39-3)21-29(28)33-22-34-32)41-14-4-11-36-12-15-40-16-13-36/h5-10,17-22H,4,11-16H2,1-3H3,(H,33,34,35)/b6-5+. The highest BCUT2D eigenvalue weighted by Gasteiger charge is 2.13. The molecule has 0 amide bonds. The number of hydrogen-bond acceptors (Lipinski definition) is 9. The molecule has 214 valence electrons. The summed E-state index contributed by atoms with van der Waals surface area (Å²) in [6.07, 6.45) is 6.55. The van der Waals surface area contributed by atoms with E-state index in [2.05, 4.69) is 20.2 Å². The molecule has 0 bridgehead atoms. The topological polar surface area (TPSA) is 87.2 Å². The van der Waals surface area contributed by atoms with E-state index in [-0.39, 0.29) is 0 Å². The molecule has 0 atom stereocenters. The molecular weight excluding hydrogens is 520 g/mol. The Bertz CT molecular complexity index is 1450.